The van der Waals surface area contributed by atoms with E-state index in [2.05, 4.69) is 14.9 Å². The lowest BCUT2D eigenvalue weighted by Crippen LogP contribution is -2.37. The van der Waals surface area contributed by atoms with E-state index in [1.54, 1.807) is 11.4 Å². The van der Waals surface area contributed by atoms with Crippen molar-refractivity contribution in [3.63, 3.8) is 0 Å². The third kappa shape index (κ3) is 5.22. The standard InChI is InChI=1S/C23H23ClFN3O3S2/c1-14-13-18(24)21(28-8-10-31-11-9-28)15(2)20(14)26-23(29)22-19(7-12-32-22)27-33(30)17-5-3-16(25)4-6-17/h3-7,12-13,27H,8-11H2,1-2H3,(H,26,29). The van der Waals surface area contributed by atoms with Crippen molar-refractivity contribution in [2.45, 2.75) is 18.7 Å². The molecule has 0 radical (unpaired) electrons. The van der Waals surface area contributed by atoms with Gasteiger partial charge in [0.2, 0.25) is 0 Å². The highest BCUT2D eigenvalue weighted by Crippen LogP contribution is 2.38. The Kier molecular flexibility index (Phi) is 7.33. The number of nitrogens with zero attached hydrogens (tertiary/aromatic N) is 1. The molecule has 1 saturated heterocycles. The Morgan fingerprint density at radius 1 is 1.18 bits per heavy atom. The number of carbonyl (C=O) groups excluding carboxylic acids is 1. The van der Waals surface area contributed by atoms with Crippen LogP contribution in [0.4, 0.5) is 21.5 Å². The average Bonchev–Trinajstić information content (AvgIpc) is 3.25. The van der Waals surface area contributed by atoms with Gasteiger partial charge < -0.3 is 15.0 Å². The van der Waals surface area contributed by atoms with Gasteiger partial charge in [0.05, 0.1) is 34.5 Å². The highest BCUT2D eigenvalue weighted by Gasteiger charge is 2.22. The summed E-state index contributed by atoms with van der Waals surface area (Å²) in [6, 6.07) is 8.92. The van der Waals surface area contributed by atoms with Crippen LogP contribution < -0.4 is 14.9 Å². The number of hydrogen-bond donors (Lipinski definition) is 2. The van der Waals surface area contributed by atoms with Crippen molar-refractivity contribution in [3.8, 4) is 0 Å². The molecule has 1 unspecified atom stereocenters. The molecule has 2 N–H and O–H groups in total. The quantitative estimate of drug-likeness (QED) is 0.470. The van der Waals surface area contributed by atoms with Gasteiger partial charge in [0, 0.05) is 18.8 Å². The SMILES string of the molecule is Cc1cc(Cl)c(N2CCOCC2)c(C)c1NC(=O)c1sccc1NS(=O)c1ccc(F)cc1. The smallest absolute Gasteiger partial charge is 0.267 e. The van der Waals surface area contributed by atoms with Crippen molar-refractivity contribution in [3.05, 3.63) is 68.6 Å². The molecule has 2 heterocycles. The van der Waals surface area contributed by atoms with Crippen molar-refractivity contribution in [2.24, 2.45) is 0 Å². The number of aryl methyl sites for hydroxylation is 1. The Hall–Kier alpha value is -2.46. The van der Waals surface area contributed by atoms with Crippen molar-refractivity contribution in [2.75, 3.05) is 41.2 Å². The number of nitrogens with one attached hydrogen (secondary N) is 2. The Balaban J connectivity index is 1.56. The number of halogens is 2. The second-order valence-electron chi connectivity index (χ2n) is 7.57. The summed E-state index contributed by atoms with van der Waals surface area (Å²) >= 11 is 7.81. The maximum atomic E-state index is 13.2. The molecule has 2 aromatic carbocycles. The highest BCUT2D eigenvalue weighted by molar-refractivity contribution is 7.86. The summed E-state index contributed by atoms with van der Waals surface area (Å²) in [4.78, 5) is 16.2. The zero-order chi connectivity index (χ0) is 23.5. The average molecular weight is 508 g/mol. The van der Waals surface area contributed by atoms with Crippen LogP contribution in [0.15, 0.2) is 46.7 Å². The van der Waals surface area contributed by atoms with E-state index in [-0.39, 0.29) is 5.91 Å². The lowest BCUT2D eigenvalue weighted by Gasteiger charge is -2.32. The van der Waals surface area contributed by atoms with Gasteiger partial charge in [-0.3, -0.25) is 9.52 Å². The first-order valence-corrected chi connectivity index (χ1v) is 12.7. The fraction of sp³-hybridized carbons (Fsp3) is 0.261. The molecule has 4 rings (SSSR count). The number of amides is 1. The Morgan fingerprint density at radius 3 is 2.58 bits per heavy atom. The van der Waals surface area contributed by atoms with Gasteiger partial charge in [0.25, 0.3) is 5.91 Å². The van der Waals surface area contributed by atoms with E-state index in [0.29, 0.717) is 39.4 Å². The third-order valence-corrected chi connectivity index (χ3v) is 7.67. The molecule has 1 aliphatic heterocycles. The van der Waals surface area contributed by atoms with E-state index in [4.69, 9.17) is 16.3 Å². The Morgan fingerprint density at radius 2 is 1.88 bits per heavy atom. The minimum Gasteiger partial charge on any atom is -0.378 e. The maximum Gasteiger partial charge on any atom is 0.267 e. The highest BCUT2D eigenvalue weighted by atomic mass is 35.5. The monoisotopic (exact) mass is 507 g/mol. The van der Waals surface area contributed by atoms with Gasteiger partial charge in [0.15, 0.2) is 0 Å². The van der Waals surface area contributed by atoms with Crippen molar-refractivity contribution >= 4 is 56.9 Å². The number of anilines is 3. The van der Waals surface area contributed by atoms with Crippen LogP contribution in [-0.2, 0) is 15.7 Å². The molecule has 1 atom stereocenters. The van der Waals surface area contributed by atoms with E-state index in [9.17, 15) is 13.4 Å². The van der Waals surface area contributed by atoms with E-state index >= 15 is 0 Å². The third-order valence-electron chi connectivity index (χ3n) is 5.36. The first kappa shape index (κ1) is 23.7. The lowest BCUT2D eigenvalue weighted by atomic mass is 10.0. The summed E-state index contributed by atoms with van der Waals surface area (Å²) in [6.45, 7) is 6.54. The fourth-order valence-electron chi connectivity index (χ4n) is 3.74. The second-order valence-corrected chi connectivity index (χ2v) is 10.1. The molecule has 1 aromatic heterocycles. The summed E-state index contributed by atoms with van der Waals surface area (Å²) in [5, 5.41) is 5.40. The van der Waals surface area contributed by atoms with Crippen LogP contribution in [-0.4, -0.2) is 36.4 Å². The van der Waals surface area contributed by atoms with Crippen molar-refractivity contribution < 1.29 is 18.1 Å². The fourth-order valence-corrected chi connectivity index (χ4v) is 5.85. The summed E-state index contributed by atoms with van der Waals surface area (Å²) < 4.78 is 34.1. The largest absolute Gasteiger partial charge is 0.378 e. The molecule has 1 amide bonds. The maximum absolute atomic E-state index is 13.2. The lowest BCUT2D eigenvalue weighted by molar-refractivity contribution is 0.103. The molecule has 1 fully saturated rings. The predicted molar refractivity (Wildman–Crippen MR) is 133 cm³/mol. The Bertz CT molecular complexity index is 1190. The molecule has 3 aromatic rings. The van der Waals surface area contributed by atoms with Crippen LogP contribution in [0.2, 0.25) is 5.02 Å². The van der Waals surface area contributed by atoms with Crippen LogP contribution in [0.1, 0.15) is 20.8 Å². The van der Waals surface area contributed by atoms with E-state index in [1.165, 1.54) is 35.6 Å². The minimum absolute atomic E-state index is 0.315. The molecule has 6 nitrogen and oxygen atoms in total. The molecule has 0 bridgehead atoms. The van der Waals surface area contributed by atoms with Crippen LogP contribution in [0.3, 0.4) is 0 Å². The Labute approximate surface area is 203 Å². The normalized spacial score (nSPS) is 14.7. The number of ether oxygens (including phenoxy) is 1. The van der Waals surface area contributed by atoms with Gasteiger partial charge in [-0.1, -0.05) is 11.6 Å². The first-order chi connectivity index (χ1) is 15.8. The minimum atomic E-state index is -1.64. The van der Waals surface area contributed by atoms with Crippen molar-refractivity contribution in [1.29, 1.82) is 0 Å². The summed E-state index contributed by atoms with van der Waals surface area (Å²) in [5.41, 5.74) is 3.77. The van der Waals surface area contributed by atoms with Crippen LogP contribution in [0.25, 0.3) is 0 Å². The van der Waals surface area contributed by atoms with Gasteiger partial charge in [-0.05, 0) is 66.8 Å². The number of hydrogen-bond acceptors (Lipinski definition) is 5. The topological polar surface area (TPSA) is 70.7 Å². The van der Waals surface area contributed by atoms with E-state index in [1.807, 2.05) is 19.9 Å². The summed E-state index contributed by atoms with van der Waals surface area (Å²) in [7, 11) is -1.64. The predicted octanol–water partition coefficient (Wildman–Crippen LogP) is 5.38. The summed E-state index contributed by atoms with van der Waals surface area (Å²) in [6.07, 6.45) is 0. The molecule has 0 aliphatic carbocycles. The number of thiophene rings is 1. The van der Waals surface area contributed by atoms with Gasteiger partial charge >= 0.3 is 0 Å². The molecule has 1 aliphatic rings. The van der Waals surface area contributed by atoms with Crippen LogP contribution in [0, 0.1) is 19.7 Å². The number of carbonyl (C=O) groups is 1. The zero-order valence-electron chi connectivity index (χ0n) is 18.1. The summed E-state index contributed by atoms with van der Waals surface area (Å²) in [5.74, 6) is -0.721. The molecular weight excluding hydrogens is 485 g/mol. The molecular formula is C23H23ClFN3O3S2. The second kappa shape index (κ2) is 10.2. The van der Waals surface area contributed by atoms with E-state index < -0.39 is 16.8 Å². The molecule has 0 spiro atoms. The zero-order valence-corrected chi connectivity index (χ0v) is 20.5. The number of rotatable bonds is 6. The van der Waals surface area contributed by atoms with Gasteiger partial charge in [-0.25, -0.2) is 8.60 Å². The van der Waals surface area contributed by atoms with Gasteiger partial charge in [-0.2, -0.15) is 0 Å². The van der Waals surface area contributed by atoms with Gasteiger partial charge in [0.1, 0.15) is 21.7 Å². The molecule has 174 valence electrons. The van der Waals surface area contributed by atoms with Crippen LogP contribution >= 0.6 is 22.9 Å². The number of morpholine rings is 1. The van der Waals surface area contributed by atoms with Gasteiger partial charge in [-0.15, -0.1) is 11.3 Å². The van der Waals surface area contributed by atoms with E-state index in [0.717, 1.165) is 29.9 Å². The van der Waals surface area contributed by atoms with Crippen LogP contribution in [0.5, 0.6) is 0 Å². The molecule has 10 heteroatoms. The molecule has 0 saturated carbocycles. The first-order valence-electron chi connectivity index (χ1n) is 10.3. The van der Waals surface area contributed by atoms with Crippen molar-refractivity contribution in [1.82, 2.24) is 0 Å². The molecule has 33 heavy (non-hydrogen) atoms. The number of benzene rings is 2.